The molecule has 0 saturated heterocycles. The maximum absolute atomic E-state index is 11.1. The molecule has 31 heavy (non-hydrogen) atoms. The van der Waals surface area contributed by atoms with Crippen LogP contribution in [0.4, 0.5) is 11.4 Å². The Morgan fingerprint density at radius 2 is 1.42 bits per heavy atom. The number of phenolic OH excluding ortho intramolecular Hbond substituents is 1. The molecule has 2 N–H and O–H groups in total. The molecule has 0 aliphatic carbocycles. The summed E-state index contributed by atoms with van der Waals surface area (Å²) in [5, 5.41) is 15.8. The summed E-state index contributed by atoms with van der Waals surface area (Å²) in [5.41, 5.74) is 6.13. The first-order valence-electron chi connectivity index (χ1n) is 11.4. The Hall–Kier alpha value is -2.63. The molecular weight excluding hydrogens is 384 g/mol. The number of nitrogens with zero attached hydrogens (tertiary/aromatic N) is 3. The van der Waals surface area contributed by atoms with Gasteiger partial charge in [-0.15, -0.1) is 0 Å². The van der Waals surface area contributed by atoms with E-state index in [9.17, 15) is 5.11 Å². The first-order valence-corrected chi connectivity index (χ1v) is 11.4. The van der Waals surface area contributed by atoms with E-state index in [0.717, 1.165) is 72.7 Å². The molecule has 1 aromatic heterocycles. The Balaban J connectivity index is 2.02. The van der Waals surface area contributed by atoms with Crippen molar-refractivity contribution in [2.75, 3.05) is 31.5 Å². The van der Waals surface area contributed by atoms with Crippen LogP contribution in [-0.4, -0.2) is 46.1 Å². The van der Waals surface area contributed by atoms with Crippen molar-refractivity contribution < 1.29 is 5.11 Å². The van der Waals surface area contributed by atoms with Crippen molar-refractivity contribution in [1.82, 2.24) is 14.8 Å². The van der Waals surface area contributed by atoms with Crippen LogP contribution in [0.2, 0.25) is 0 Å². The van der Waals surface area contributed by atoms with Crippen LogP contribution in [0.3, 0.4) is 0 Å². The van der Waals surface area contributed by atoms with Crippen LogP contribution >= 0.6 is 0 Å². The molecule has 3 aromatic rings. The van der Waals surface area contributed by atoms with Crippen LogP contribution in [0.5, 0.6) is 5.75 Å². The maximum Gasteiger partial charge on any atom is 0.124 e. The van der Waals surface area contributed by atoms with Gasteiger partial charge >= 0.3 is 0 Å². The molecule has 0 unspecified atom stereocenters. The predicted octanol–water partition coefficient (Wildman–Crippen LogP) is 5.68. The second-order valence-corrected chi connectivity index (χ2v) is 8.07. The monoisotopic (exact) mass is 420 g/mol. The first kappa shape index (κ1) is 23.0. The normalized spacial score (nSPS) is 11.6. The highest BCUT2D eigenvalue weighted by atomic mass is 16.3. The van der Waals surface area contributed by atoms with E-state index in [1.165, 1.54) is 5.56 Å². The highest BCUT2D eigenvalue weighted by Gasteiger charge is 2.15. The standard InChI is InChI=1S/C26H36N4O/c1-6-29(7-2)17-20-15-22(16-21(26(20)31)18-30(8-3)9-4)28-24-12-13-27-25-14-19(5)10-11-23(24)25/h10-16,31H,6-9,17-18H2,1-5H3,(H,27,28). The molecule has 0 amide bonds. The van der Waals surface area contributed by atoms with Gasteiger partial charge in [-0.05, 0) is 62.9 Å². The Morgan fingerprint density at radius 1 is 0.839 bits per heavy atom. The number of aryl methyl sites for hydroxylation is 1. The second kappa shape index (κ2) is 10.6. The van der Waals surface area contributed by atoms with Crippen LogP contribution in [0, 0.1) is 6.92 Å². The van der Waals surface area contributed by atoms with Crippen LogP contribution in [0.1, 0.15) is 44.4 Å². The number of benzene rings is 2. The molecule has 0 aliphatic rings. The number of hydrogen-bond donors (Lipinski definition) is 2. The van der Waals surface area contributed by atoms with Gasteiger partial charge in [0.2, 0.25) is 0 Å². The zero-order valence-corrected chi connectivity index (χ0v) is 19.6. The van der Waals surface area contributed by atoms with E-state index in [4.69, 9.17) is 0 Å². The van der Waals surface area contributed by atoms with Gasteiger partial charge in [-0.1, -0.05) is 39.8 Å². The van der Waals surface area contributed by atoms with Gasteiger partial charge < -0.3 is 10.4 Å². The molecule has 0 radical (unpaired) electrons. The lowest BCUT2D eigenvalue weighted by Crippen LogP contribution is -2.24. The van der Waals surface area contributed by atoms with Gasteiger partial charge in [0, 0.05) is 47.2 Å². The average Bonchev–Trinajstić information content (AvgIpc) is 2.78. The van der Waals surface area contributed by atoms with E-state index in [1.54, 1.807) is 0 Å². The van der Waals surface area contributed by atoms with Crippen LogP contribution < -0.4 is 5.32 Å². The maximum atomic E-state index is 11.1. The lowest BCUT2D eigenvalue weighted by molar-refractivity contribution is 0.281. The summed E-state index contributed by atoms with van der Waals surface area (Å²) in [6, 6.07) is 12.5. The molecule has 0 spiro atoms. The fourth-order valence-corrected chi connectivity index (χ4v) is 3.97. The van der Waals surface area contributed by atoms with Gasteiger partial charge in [-0.2, -0.15) is 0 Å². The van der Waals surface area contributed by atoms with Crippen molar-refractivity contribution in [1.29, 1.82) is 0 Å². The van der Waals surface area contributed by atoms with Gasteiger partial charge in [-0.25, -0.2) is 0 Å². The summed E-state index contributed by atoms with van der Waals surface area (Å²) in [6.07, 6.45) is 1.85. The van der Waals surface area contributed by atoms with E-state index in [-0.39, 0.29) is 0 Å². The SMILES string of the molecule is CCN(CC)Cc1cc(Nc2ccnc3cc(C)ccc23)cc(CN(CC)CC)c1O. The second-order valence-electron chi connectivity index (χ2n) is 8.07. The van der Waals surface area contributed by atoms with Crippen molar-refractivity contribution in [3.63, 3.8) is 0 Å². The molecular formula is C26H36N4O. The molecule has 0 fully saturated rings. The van der Waals surface area contributed by atoms with Crippen LogP contribution in [0.25, 0.3) is 10.9 Å². The van der Waals surface area contributed by atoms with Crippen molar-refractivity contribution >= 4 is 22.3 Å². The van der Waals surface area contributed by atoms with Crippen molar-refractivity contribution in [3.05, 3.63) is 59.3 Å². The fraction of sp³-hybridized carbons (Fsp3) is 0.423. The number of fused-ring (bicyclic) bond motifs is 1. The number of phenols is 1. The third-order valence-electron chi connectivity index (χ3n) is 6.02. The molecule has 2 aromatic carbocycles. The largest absolute Gasteiger partial charge is 0.507 e. The number of rotatable bonds is 10. The highest BCUT2D eigenvalue weighted by molar-refractivity contribution is 5.93. The summed E-state index contributed by atoms with van der Waals surface area (Å²) in [4.78, 5) is 9.17. The topological polar surface area (TPSA) is 51.6 Å². The molecule has 166 valence electrons. The van der Waals surface area contributed by atoms with Gasteiger partial charge in [0.15, 0.2) is 0 Å². The average molecular weight is 421 g/mol. The van der Waals surface area contributed by atoms with Gasteiger partial charge in [0.25, 0.3) is 0 Å². The molecule has 5 nitrogen and oxygen atoms in total. The molecule has 0 aliphatic heterocycles. The number of pyridine rings is 1. The fourth-order valence-electron chi connectivity index (χ4n) is 3.97. The zero-order valence-electron chi connectivity index (χ0n) is 19.6. The Morgan fingerprint density at radius 3 is 1.97 bits per heavy atom. The van der Waals surface area contributed by atoms with Gasteiger partial charge in [-0.3, -0.25) is 14.8 Å². The van der Waals surface area contributed by atoms with Crippen molar-refractivity contribution in [2.24, 2.45) is 0 Å². The quantitative estimate of drug-likeness (QED) is 0.414. The molecule has 5 heteroatoms. The van der Waals surface area contributed by atoms with Gasteiger partial charge in [0.1, 0.15) is 5.75 Å². The Labute approximate surface area is 186 Å². The minimum Gasteiger partial charge on any atom is -0.507 e. The predicted molar refractivity (Wildman–Crippen MR) is 131 cm³/mol. The van der Waals surface area contributed by atoms with Gasteiger partial charge in [0.05, 0.1) is 5.52 Å². The Bertz CT molecular complexity index is 974. The molecule has 0 bridgehead atoms. The van der Waals surface area contributed by atoms with E-state index in [2.05, 4.69) is 85.1 Å². The first-order chi connectivity index (χ1) is 15.0. The summed E-state index contributed by atoms with van der Waals surface area (Å²) < 4.78 is 0. The van der Waals surface area contributed by atoms with Crippen molar-refractivity contribution in [2.45, 2.75) is 47.7 Å². The van der Waals surface area contributed by atoms with E-state index in [0.29, 0.717) is 5.75 Å². The number of aromatic nitrogens is 1. The molecule has 0 saturated carbocycles. The van der Waals surface area contributed by atoms with Crippen LogP contribution in [0.15, 0.2) is 42.6 Å². The summed E-state index contributed by atoms with van der Waals surface area (Å²) in [7, 11) is 0. The third-order valence-corrected chi connectivity index (χ3v) is 6.02. The van der Waals surface area contributed by atoms with Crippen LogP contribution in [-0.2, 0) is 13.1 Å². The summed E-state index contributed by atoms with van der Waals surface area (Å²) in [6.45, 7) is 16.0. The molecule has 0 atom stereocenters. The lowest BCUT2D eigenvalue weighted by Gasteiger charge is -2.23. The number of hydrogen-bond acceptors (Lipinski definition) is 5. The van der Waals surface area contributed by atoms with E-state index < -0.39 is 0 Å². The number of nitrogens with one attached hydrogen (secondary N) is 1. The number of aromatic hydroxyl groups is 1. The van der Waals surface area contributed by atoms with Crippen molar-refractivity contribution in [3.8, 4) is 5.75 Å². The molecule has 3 rings (SSSR count). The highest BCUT2D eigenvalue weighted by Crippen LogP contribution is 2.32. The molecule has 1 heterocycles. The summed E-state index contributed by atoms with van der Waals surface area (Å²) in [5.74, 6) is 0.416. The van der Waals surface area contributed by atoms with E-state index in [1.807, 2.05) is 12.3 Å². The number of anilines is 2. The Kier molecular flexibility index (Phi) is 7.88. The van der Waals surface area contributed by atoms with E-state index >= 15 is 0 Å². The third kappa shape index (κ3) is 5.54. The zero-order chi connectivity index (χ0) is 22.4. The lowest BCUT2D eigenvalue weighted by atomic mass is 10.0. The minimum absolute atomic E-state index is 0.416. The smallest absolute Gasteiger partial charge is 0.124 e. The minimum atomic E-state index is 0.416. The summed E-state index contributed by atoms with van der Waals surface area (Å²) >= 11 is 0.